The van der Waals surface area contributed by atoms with E-state index in [4.69, 9.17) is 21.1 Å². The predicted octanol–water partition coefficient (Wildman–Crippen LogP) is 7.36. The van der Waals surface area contributed by atoms with Gasteiger partial charge in [0.25, 0.3) is 5.91 Å². The third-order valence-electron chi connectivity index (χ3n) is 5.84. The van der Waals surface area contributed by atoms with Crippen LogP contribution in [0.15, 0.2) is 108 Å². The number of halogens is 1. The van der Waals surface area contributed by atoms with Gasteiger partial charge in [0, 0.05) is 10.1 Å². The van der Waals surface area contributed by atoms with Crippen molar-refractivity contribution in [2.45, 2.75) is 13.0 Å². The minimum atomic E-state index is -0.743. The molecule has 4 aromatic carbocycles. The summed E-state index contributed by atoms with van der Waals surface area (Å²) in [6.07, 6.45) is 0.750. The second kappa shape index (κ2) is 11.9. The Morgan fingerprint density at radius 1 is 0.846 bits per heavy atom. The van der Waals surface area contributed by atoms with E-state index < -0.39 is 12.1 Å². The molecule has 0 saturated carbocycles. The van der Waals surface area contributed by atoms with Crippen molar-refractivity contribution in [2.24, 2.45) is 5.10 Å². The number of hydrogen-bond donors (Lipinski definition) is 1. The van der Waals surface area contributed by atoms with Crippen molar-refractivity contribution in [3.63, 3.8) is 0 Å². The summed E-state index contributed by atoms with van der Waals surface area (Å²) < 4.78 is 12.1. The van der Waals surface area contributed by atoms with Crippen molar-refractivity contribution in [1.82, 2.24) is 5.43 Å². The number of thiophene rings is 1. The first-order valence-corrected chi connectivity index (χ1v) is 13.3. The highest BCUT2D eigenvalue weighted by atomic mass is 35.5. The molecule has 0 fully saturated rings. The van der Waals surface area contributed by atoms with E-state index in [9.17, 15) is 9.59 Å². The minimum absolute atomic E-state index is 0.356. The van der Waals surface area contributed by atoms with E-state index in [2.05, 4.69) is 10.5 Å². The topological polar surface area (TPSA) is 77.0 Å². The monoisotopic (exact) mass is 554 g/mol. The summed E-state index contributed by atoms with van der Waals surface area (Å²) in [5, 5.41) is 5.22. The highest BCUT2D eigenvalue weighted by molar-refractivity contribution is 7.21. The molecule has 1 heterocycles. The highest BCUT2D eigenvalue weighted by Crippen LogP contribution is 2.35. The fourth-order valence-corrected chi connectivity index (χ4v) is 5.18. The van der Waals surface area contributed by atoms with Gasteiger partial charge in [0.1, 0.15) is 16.4 Å². The molecule has 1 aromatic heterocycles. The van der Waals surface area contributed by atoms with Gasteiger partial charge < -0.3 is 9.47 Å². The molecular formula is C31H23ClN2O4S. The van der Waals surface area contributed by atoms with Gasteiger partial charge in [-0.25, -0.2) is 10.2 Å². The summed E-state index contributed by atoms with van der Waals surface area (Å²) in [7, 11) is 0. The molecule has 0 saturated heterocycles. The first-order valence-electron chi connectivity index (χ1n) is 12.1. The van der Waals surface area contributed by atoms with Gasteiger partial charge in [-0.3, -0.25) is 4.79 Å². The fraction of sp³-hybridized carbons (Fsp3) is 0.0645. The van der Waals surface area contributed by atoms with Crippen LogP contribution in [-0.2, 0) is 4.79 Å². The number of esters is 1. The van der Waals surface area contributed by atoms with Crippen molar-refractivity contribution >= 4 is 51.1 Å². The first-order chi connectivity index (χ1) is 19.0. The standard InChI is InChI=1S/C31H23ClN2O4S/c1-20(37-24-17-13-23(14-18-24)22-7-3-2-4-8-22)30(35)34-33-19-21-11-15-25(16-12-21)38-31(36)29-28(32)26-9-5-6-10-27(26)39-29/h2-20H,1H3,(H,34,35). The van der Waals surface area contributed by atoms with Crippen LogP contribution in [0.3, 0.4) is 0 Å². The molecule has 194 valence electrons. The maximum absolute atomic E-state index is 12.6. The summed E-state index contributed by atoms with van der Waals surface area (Å²) in [6.45, 7) is 1.65. The van der Waals surface area contributed by atoms with E-state index in [1.807, 2.05) is 78.9 Å². The van der Waals surface area contributed by atoms with E-state index in [1.54, 1.807) is 31.2 Å². The van der Waals surface area contributed by atoms with Gasteiger partial charge in [0.15, 0.2) is 6.10 Å². The van der Waals surface area contributed by atoms with Crippen LogP contribution in [-0.4, -0.2) is 24.2 Å². The molecule has 0 aliphatic carbocycles. The summed E-state index contributed by atoms with van der Waals surface area (Å²) in [5.74, 6) is 0.0566. The molecule has 6 nitrogen and oxygen atoms in total. The number of hydrogen-bond acceptors (Lipinski definition) is 6. The van der Waals surface area contributed by atoms with Gasteiger partial charge in [-0.05, 0) is 66.1 Å². The zero-order valence-electron chi connectivity index (χ0n) is 20.8. The highest BCUT2D eigenvalue weighted by Gasteiger charge is 2.19. The lowest BCUT2D eigenvalue weighted by Gasteiger charge is -2.13. The van der Waals surface area contributed by atoms with E-state index in [-0.39, 0.29) is 5.91 Å². The second-order valence-electron chi connectivity index (χ2n) is 8.58. The van der Waals surface area contributed by atoms with Crippen LogP contribution in [0.5, 0.6) is 11.5 Å². The maximum atomic E-state index is 12.6. The Bertz CT molecular complexity index is 1630. The maximum Gasteiger partial charge on any atom is 0.355 e. The molecule has 5 rings (SSSR count). The Morgan fingerprint density at radius 3 is 2.21 bits per heavy atom. The summed E-state index contributed by atoms with van der Waals surface area (Å²) in [6, 6.07) is 31.9. The third kappa shape index (κ3) is 6.34. The second-order valence-corrected chi connectivity index (χ2v) is 10.0. The van der Waals surface area contributed by atoms with Crippen LogP contribution in [0.25, 0.3) is 21.2 Å². The molecule has 1 unspecified atom stereocenters. The van der Waals surface area contributed by atoms with Crippen LogP contribution < -0.4 is 14.9 Å². The molecule has 0 aliphatic heterocycles. The molecule has 0 bridgehead atoms. The van der Waals surface area contributed by atoms with Crippen LogP contribution in [0, 0.1) is 0 Å². The van der Waals surface area contributed by atoms with Crippen molar-refractivity contribution in [1.29, 1.82) is 0 Å². The number of amides is 1. The normalized spacial score (nSPS) is 11.8. The number of nitrogens with one attached hydrogen (secondary N) is 1. The SMILES string of the molecule is CC(Oc1ccc(-c2ccccc2)cc1)C(=O)NN=Cc1ccc(OC(=O)c2sc3ccccc3c2Cl)cc1. The lowest BCUT2D eigenvalue weighted by atomic mass is 10.1. The largest absolute Gasteiger partial charge is 0.481 e. The number of nitrogens with zero attached hydrogens (tertiary/aromatic N) is 1. The molecule has 1 atom stereocenters. The summed E-state index contributed by atoms with van der Waals surface area (Å²) in [5.41, 5.74) is 5.36. The molecule has 0 spiro atoms. The van der Waals surface area contributed by atoms with Gasteiger partial charge in [0.2, 0.25) is 0 Å². The first kappa shape index (κ1) is 26.2. The molecule has 0 aliphatic rings. The number of rotatable bonds is 8. The molecule has 1 amide bonds. The fourth-order valence-electron chi connectivity index (χ4n) is 3.80. The zero-order chi connectivity index (χ0) is 27.2. The van der Waals surface area contributed by atoms with Crippen molar-refractivity contribution in [3.05, 3.63) is 119 Å². The van der Waals surface area contributed by atoms with Crippen LogP contribution >= 0.6 is 22.9 Å². The lowest BCUT2D eigenvalue weighted by Crippen LogP contribution is -2.33. The number of benzene rings is 4. The van der Waals surface area contributed by atoms with E-state index in [1.165, 1.54) is 17.6 Å². The van der Waals surface area contributed by atoms with Crippen molar-refractivity contribution in [2.75, 3.05) is 0 Å². The van der Waals surface area contributed by atoms with E-state index >= 15 is 0 Å². The van der Waals surface area contributed by atoms with Crippen LogP contribution in [0.4, 0.5) is 0 Å². The van der Waals surface area contributed by atoms with Crippen LogP contribution in [0.1, 0.15) is 22.2 Å². The molecule has 8 heteroatoms. The van der Waals surface area contributed by atoms with Crippen molar-refractivity contribution < 1.29 is 19.1 Å². The molecule has 39 heavy (non-hydrogen) atoms. The van der Waals surface area contributed by atoms with Gasteiger partial charge in [-0.2, -0.15) is 5.10 Å². The minimum Gasteiger partial charge on any atom is -0.481 e. The number of hydrazone groups is 1. The summed E-state index contributed by atoms with van der Waals surface area (Å²) >= 11 is 7.66. The van der Waals surface area contributed by atoms with Gasteiger partial charge >= 0.3 is 5.97 Å². The number of fused-ring (bicyclic) bond motifs is 1. The quantitative estimate of drug-likeness (QED) is 0.0940. The molecular weight excluding hydrogens is 532 g/mol. The van der Waals surface area contributed by atoms with Gasteiger partial charge in [-0.1, -0.05) is 72.3 Å². The van der Waals surface area contributed by atoms with Crippen LogP contribution in [0.2, 0.25) is 5.02 Å². The average Bonchev–Trinajstić information content (AvgIpc) is 3.31. The molecule has 5 aromatic rings. The Labute approximate surface area is 234 Å². The number of carbonyl (C=O) groups is 2. The Balaban J connectivity index is 1.12. The zero-order valence-corrected chi connectivity index (χ0v) is 22.4. The smallest absolute Gasteiger partial charge is 0.355 e. The Morgan fingerprint density at radius 2 is 1.49 bits per heavy atom. The lowest BCUT2D eigenvalue weighted by molar-refractivity contribution is -0.127. The summed E-state index contributed by atoms with van der Waals surface area (Å²) in [4.78, 5) is 25.4. The predicted molar refractivity (Wildman–Crippen MR) is 156 cm³/mol. The van der Waals surface area contributed by atoms with Gasteiger partial charge in [-0.15, -0.1) is 11.3 Å². The number of carbonyl (C=O) groups excluding carboxylic acids is 2. The van der Waals surface area contributed by atoms with E-state index in [0.717, 1.165) is 21.2 Å². The molecule has 0 radical (unpaired) electrons. The number of ether oxygens (including phenoxy) is 2. The molecule has 1 N–H and O–H groups in total. The third-order valence-corrected chi connectivity index (χ3v) is 7.50. The Kier molecular flexibility index (Phi) is 8.01. The van der Waals surface area contributed by atoms with Crippen molar-refractivity contribution in [3.8, 4) is 22.6 Å². The average molecular weight is 555 g/mol. The van der Waals surface area contributed by atoms with E-state index in [0.29, 0.717) is 27.0 Å². The van der Waals surface area contributed by atoms with Gasteiger partial charge in [0.05, 0.1) is 11.2 Å². The Hall–Kier alpha value is -4.46.